The number of hydrogen-bond donors (Lipinski definition) is 2. The van der Waals surface area contributed by atoms with Gasteiger partial charge in [0.25, 0.3) is 5.91 Å². The molecule has 1 fully saturated rings. The minimum atomic E-state index is -1.01. The average molecular weight is 331 g/mol. The van der Waals surface area contributed by atoms with E-state index < -0.39 is 5.97 Å². The van der Waals surface area contributed by atoms with Crippen molar-refractivity contribution in [2.75, 3.05) is 6.61 Å². The van der Waals surface area contributed by atoms with Crippen molar-refractivity contribution in [1.82, 2.24) is 5.32 Å². The molecular weight excluding hydrogens is 314 g/mol. The van der Waals surface area contributed by atoms with Crippen LogP contribution in [-0.2, 0) is 4.74 Å². The zero-order valence-electron chi connectivity index (χ0n) is 12.4. The topological polar surface area (TPSA) is 75.6 Å². The number of amides is 1. The predicted molar refractivity (Wildman–Crippen MR) is 86.9 cm³/mol. The van der Waals surface area contributed by atoms with Gasteiger partial charge in [-0.1, -0.05) is 30.3 Å². The van der Waals surface area contributed by atoms with Crippen LogP contribution >= 0.6 is 11.3 Å². The summed E-state index contributed by atoms with van der Waals surface area (Å²) >= 11 is 0.992. The van der Waals surface area contributed by atoms with Gasteiger partial charge in [-0.05, 0) is 30.5 Å². The lowest BCUT2D eigenvalue weighted by atomic mass is 9.97. The second-order valence-electron chi connectivity index (χ2n) is 5.43. The van der Waals surface area contributed by atoms with Gasteiger partial charge in [-0.15, -0.1) is 11.3 Å². The highest BCUT2D eigenvalue weighted by Gasteiger charge is 2.25. The van der Waals surface area contributed by atoms with Gasteiger partial charge in [-0.2, -0.15) is 0 Å². The molecule has 1 aromatic carbocycles. The number of benzene rings is 1. The van der Waals surface area contributed by atoms with Gasteiger partial charge in [0.15, 0.2) is 0 Å². The largest absolute Gasteiger partial charge is 0.477 e. The number of nitrogens with one attached hydrogen (secondary N) is 1. The van der Waals surface area contributed by atoms with Gasteiger partial charge in [0.2, 0.25) is 0 Å². The molecule has 1 amide bonds. The van der Waals surface area contributed by atoms with E-state index in [1.165, 1.54) is 6.07 Å². The van der Waals surface area contributed by atoms with Crippen LogP contribution in [0.5, 0.6) is 0 Å². The minimum Gasteiger partial charge on any atom is -0.477 e. The third kappa shape index (κ3) is 3.78. The normalized spacial score (nSPS) is 20.9. The van der Waals surface area contributed by atoms with E-state index in [2.05, 4.69) is 5.32 Å². The van der Waals surface area contributed by atoms with E-state index in [4.69, 9.17) is 9.84 Å². The lowest BCUT2D eigenvalue weighted by Gasteiger charge is -2.30. The maximum Gasteiger partial charge on any atom is 0.345 e. The summed E-state index contributed by atoms with van der Waals surface area (Å²) in [6.07, 6.45) is 1.45. The van der Waals surface area contributed by atoms with Gasteiger partial charge in [0.1, 0.15) is 4.88 Å². The molecule has 0 bridgehead atoms. The van der Waals surface area contributed by atoms with Crippen LogP contribution in [0.3, 0.4) is 0 Å². The van der Waals surface area contributed by atoms with Gasteiger partial charge in [-0.25, -0.2) is 4.79 Å². The zero-order chi connectivity index (χ0) is 16.2. The Morgan fingerprint density at radius 2 is 1.87 bits per heavy atom. The summed E-state index contributed by atoms with van der Waals surface area (Å²) in [6.45, 7) is 0.593. The Morgan fingerprint density at radius 1 is 1.13 bits per heavy atom. The number of carbonyl (C=O) groups is 2. The molecule has 1 aliphatic rings. The Bertz CT molecular complexity index is 698. The van der Waals surface area contributed by atoms with E-state index in [9.17, 15) is 9.59 Å². The van der Waals surface area contributed by atoms with Crippen molar-refractivity contribution >= 4 is 23.2 Å². The molecule has 0 unspecified atom stereocenters. The first-order valence-corrected chi connectivity index (χ1v) is 8.25. The molecule has 0 spiro atoms. The van der Waals surface area contributed by atoms with Crippen molar-refractivity contribution in [3.8, 4) is 0 Å². The molecule has 3 rings (SSSR count). The quantitative estimate of drug-likeness (QED) is 0.903. The summed E-state index contributed by atoms with van der Waals surface area (Å²) in [5, 5.41) is 11.9. The van der Waals surface area contributed by atoms with Crippen LogP contribution in [0.1, 0.15) is 43.9 Å². The Hall–Kier alpha value is -2.18. The fraction of sp³-hybridized carbons (Fsp3) is 0.294. The van der Waals surface area contributed by atoms with Gasteiger partial charge in [-0.3, -0.25) is 4.79 Å². The van der Waals surface area contributed by atoms with Crippen LogP contribution < -0.4 is 5.32 Å². The van der Waals surface area contributed by atoms with E-state index >= 15 is 0 Å². The molecule has 1 saturated heterocycles. The van der Waals surface area contributed by atoms with Crippen molar-refractivity contribution < 1.29 is 19.4 Å². The second-order valence-corrected chi connectivity index (χ2v) is 6.52. The van der Waals surface area contributed by atoms with Crippen LogP contribution in [0.15, 0.2) is 42.5 Å². The predicted octanol–water partition coefficient (Wildman–Crippen LogP) is 3.10. The molecule has 0 aliphatic carbocycles. The summed E-state index contributed by atoms with van der Waals surface area (Å²) in [5.74, 6) is -1.23. The van der Waals surface area contributed by atoms with E-state index in [-0.39, 0.29) is 22.9 Å². The SMILES string of the molecule is O=C(O)c1ccc(C(=O)N[C@H]2CCO[C@@H](c3ccccc3)C2)s1. The number of carbonyl (C=O) groups excluding carboxylic acids is 1. The average Bonchev–Trinajstić information content (AvgIpc) is 3.06. The number of thiophene rings is 1. The van der Waals surface area contributed by atoms with Crippen molar-refractivity contribution in [3.05, 3.63) is 57.8 Å². The third-order valence-corrected chi connectivity index (χ3v) is 4.90. The number of carboxylic acid groups (broad SMARTS) is 1. The third-order valence-electron chi connectivity index (χ3n) is 3.83. The van der Waals surface area contributed by atoms with Crippen LogP contribution in [0.2, 0.25) is 0 Å². The zero-order valence-corrected chi connectivity index (χ0v) is 13.2. The number of rotatable bonds is 4. The number of carboxylic acids is 1. The number of aromatic carboxylic acids is 1. The molecule has 120 valence electrons. The summed E-state index contributed by atoms with van der Waals surface area (Å²) in [7, 11) is 0. The molecule has 2 heterocycles. The number of hydrogen-bond acceptors (Lipinski definition) is 4. The molecule has 0 radical (unpaired) electrons. The molecule has 0 saturated carbocycles. The molecule has 1 aliphatic heterocycles. The highest BCUT2D eigenvalue weighted by Crippen LogP contribution is 2.28. The van der Waals surface area contributed by atoms with E-state index in [0.29, 0.717) is 17.9 Å². The van der Waals surface area contributed by atoms with Crippen LogP contribution in [0, 0.1) is 0 Å². The highest BCUT2D eigenvalue weighted by molar-refractivity contribution is 7.15. The van der Waals surface area contributed by atoms with Crippen molar-refractivity contribution in [2.24, 2.45) is 0 Å². The second kappa shape index (κ2) is 6.93. The molecular formula is C17H17NO4S. The van der Waals surface area contributed by atoms with Crippen LogP contribution in [0.4, 0.5) is 0 Å². The van der Waals surface area contributed by atoms with Gasteiger partial charge in [0, 0.05) is 12.6 Å². The van der Waals surface area contributed by atoms with Gasteiger partial charge in [0.05, 0.1) is 11.0 Å². The van der Waals surface area contributed by atoms with Crippen molar-refractivity contribution in [3.63, 3.8) is 0 Å². The van der Waals surface area contributed by atoms with E-state index in [0.717, 1.165) is 23.3 Å². The van der Waals surface area contributed by atoms with Crippen molar-refractivity contribution in [2.45, 2.75) is 25.0 Å². The highest BCUT2D eigenvalue weighted by atomic mass is 32.1. The number of ether oxygens (including phenoxy) is 1. The maximum absolute atomic E-state index is 12.3. The molecule has 23 heavy (non-hydrogen) atoms. The van der Waals surface area contributed by atoms with E-state index in [1.807, 2.05) is 30.3 Å². The van der Waals surface area contributed by atoms with Gasteiger partial charge >= 0.3 is 5.97 Å². The molecule has 2 atom stereocenters. The monoisotopic (exact) mass is 331 g/mol. The summed E-state index contributed by atoms with van der Waals surface area (Å²) in [5.41, 5.74) is 1.11. The molecule has 6 heteroatoms. The molecule has 5 nitrogen and oxygen atoms in total. The minimum absolute atomic E-state index is 0.0202. The summed E-state index contributed by atoms with van der Waals surface area (Å²) in [6, 6.07) is 13.0. The first kappa shape index (κ1) is 15.7. The molecule has 1 aromatic heterocycles. The smallest absolute Gasteiger partial charge is 0.345 e. The van der Waals surface area contributed by atoms with Gasteiger partial charge < -0.3 is 15.2 Å². The Balaban J connectivity index is 1.63. The first-order valence-electron chi connectivity index (χ1n) is 7.44. The standard InChI is InChI=1S/C17H17NO4S/c19-16(14-6-7-15(23-14)17(20)21)18-12-8-9-22-13(10-12)11-4-2-1-3-5-11/h1-7,12-13H,8-10H2,(H,18,19)(H,20,21)/t12-,13+/m0/s1. The maximum atomic E-state index is 12.3. The fourth-order valence-electron chi connectivity index (χ4n) is 2.66. The lowest BCUT2D eigenvalue weighted by Crippen LogP contribution is -2.39. The molecule has 2 N–H and O–H groups in total. The lowest BCUT2D eigenvalue weighted by molar-refractivity contribution is 0.000934. The van der Waals surface area contributed by atoms with E-state index in [1.54, 1.807) is 6.07 Å². The fourth-order valence-corrected chi connectivity index (χ4v) is 3.41. The Labute approximate surface area is 137 Å². The van der Waals surface area contributed by atoms with Crippen molar-refractivity contribution in [1.29, 1.82) is 0 Å². The summed E-state index contributed by atoms with van der Waals surface area (Å²) in [4.78, 5) is 23.7. The first-order chi connectivity index (χ1) is 11.1. The van der Waals surface area contributed by atoms with Crippen LogP contribution in [0.25, 0.3) is 0 Å². The Kier molecular flexibility index (Phi) is 4.73. The molecule has 2 aromatic rings. The Morgan fingerprint density at radius 3 is 2.57 bits per heavy atom. The summed E-state index contributed by atoms with van der Waals surface area (Å²) < 4.78 is 5.79. The van der Waals surface area contributed by atoms with Crippen LogP contribution in [-0.4, -0.2) is 29.6 Å².